The maximum atomic E-state index is 12.9. The van der Waals surface area contributed by atoms with Crippen LogP contribution in [0.15, 0.2) is 59.6 Å². The lowest BCUT2D eigenvalue weighted by Gasteiger charge is -2.19. The second-order valence-electron chi connectivity index (χ2n) is 7.64. The van der Waals surface area contributed by atoms with Gasteiger partial charge in [-0.1, -0.05) is 50.6 Å². The lowest BCUT2D eigenvalue weighted by molar-refractivity contribution is 0.103. The molecule has 30 heavy (non-hydrogen) atoms. The molecule has 1 aromatic carbocycles. The molecule has 0 unspecified atom stereocenters. The van der Waals surface area contributed by atoms with E-state index in [1.165, 1.54) is 42.6 Å². The van der Waals surface area contributed by atoms with Gasteiger partial charge in [0.15, 0.2) is 0 Å². The van der Waals surface area contributed by atoms with E-state index in [0.717, 1.165) is 5.56 Å². The Labute approximate surface area is 179 Å². The predicted molar refractivity (Wildman–Crippen MR) is 115 cm³/mol. The highest BCUT2D eigenvalue weighted by atomic mass is 35.5. The van der Waals surface area contributed by atoms with Gasteiger partial charge in [0, 0.05) is 12.3 Å². The average molecular weight is 446 g/mol. The quantitative estimate of drug-likeness (QED) is 0.570. The molecule has 0 amide bonds. The molecule has 0 spiro atoms. The van der Waals surface area contributed by atoms with Gasteiger partial charge in [0.1, 0.15) is 11.4 Å². The number of aromatic hydroxyl groups is 1. The fourth-order valence-corrected chi connectivity index (χ4v) is 3.92. The van der Waals surface area contributed by atoms with E-state index >= 15 is 0 Å². The molecule has 156 valence electrons. The molecular weight excluding hydrogens is 426 g/mol. The van der Waals surface area contributed by atoms with E-state index in [-0.39, 0.29) is 38.3 Å². The Morgan fingerprint density at radius 1 is 1.10 bits per heavy atom. The first-order valence-electron chi connectivity index (χ1n) is 8.97. The molecule has 9 heteroatoms. The first-order valence-corrected chi connectivity index (χ1v) is 10.8. The molecule has 3 aromatic rings. The molecule has 2 N–H and O–H groups in total. The van der Waals surface area contributed by atoms with Gasteiger partial charge >= 0.3 is 0 Å². The number of hydrogen-bond donors (Lipinski definition) is 2. The predicted octanol–water partition coefficient (Wildman–Crippen LogP) is 4.16. The van der Waals surface area contributed by atoms with Gasteiger partial charge in [0.25, 0.3) is 10.0 Å². The van der Waals surface area contributed by atoms with E-state index in [4.69, 9.17) is 11.6 Å². The van der Waals surface area contributed by atoms with Gasteiger partial charge in [-0.2, -0.15) is 0 Å². The van der Waals surface area contributed by atoms with E-state index in [2.05, 4.69) is 14.7 Å². The highest BCUT2D eigenvalue weighted by molar-refractivity contribution is 7.92. The van der Waals surface area contributed by atoms with E-state index in [0.29, 0.717) is 0 Å². The van der Waals surface area contributed by atoms with Crippen LogP contribution in [-0.2, 0) is 15.4 Å². The molecule has 0 saturated carbocycles. The Morgan fingerprint density at radius 2 is 1.77 bits per heavy atom. The molecule has 0 bridgehead atoms. The van der Waals surface area contributed by atoms with Crippen molar-refractivity contribution in [1.82, 2.24) is 9.97 Å². The molecule has 2 aromatic heterocycles. The van der Waals surface area contributed by atoms with Crippen LogP contribution in [0.2, 0.25) is 5.02 Å². The van der Waals surface area contributed by atoms with Crippen molar-refractivity contribution in [3.8, 4) is 5.88 Å². The standard InChI is InChI=1S/C21H20ClN3O4S/c1-21(2,3)13-7-9-15(10-8-13)30(28,29)25-17-11-14(22)12-23-19(17)20(27)16-5-4-6-18(26)24-16/h4-12,25H,1-3H3,(H,24,26). The molecule has 0 saturated heterocycles. The fourth-order valence-electron chi connectivity index (χ4n) is 2.71. The maximum Gasteiger partial charge on any atom is 0.261 e. The second-order valence-corrected chi connectivity index (χ2v) is 9.76. The van der Waals surface area contributed by atoms with Crippen LogP contribution < -0.4 is 4.72 Å². The number of benzene rings is 1. The third kappa shape index (κ3) is 4.77. The number of aromatic nitrogens is 2. The third-order valence-electron chi connectivity index (χ3n) is 4.31. The number of nitrogens with one attached hydrogen (secondary N) is 1. The highest BCUT2D eigenvalue weighted by Gasteiger charge is 2.23. The van der Waals surface area contributed by atoms with E-state index in [1.807, 2.05) is 20.8 Å². The number of ketones is 1. The zero-order valence-electron chi connectivity index (χ0n) is 16.5. The van der Waals surface area contributed by atoms with Crippen LogP contribution in [0.25, 0.3) is 0 Å². The summed E-state index contributed by atoms with van der Waals surface area (Å²) in [7, 11) is -4.01. The number of carbonyl (C=O) groups excluding carboxylic acids is 1. The lowest BCUT2D eigenvalue weighted by atomic mass is 9.87. The summed E-state index contributed by atoms with van der Waals surface area (Å²) in [4.78, 5) is 20.6. The van der Waals surface area contributed by atoms with Crippen LogP contribution in [0.3, 0.4) is 0 Å². The summed E-state index contributed by atoms with van der Waals surface area (Å²) in [5.41, 5.74) is 0.502. The minimum atomic E-state index is -4.01. The van der Waals surface area contributed by atoms with Gasteiger partial charge in [-0.05, 0) is 35.2 Å². The average Bonchev–Trinajstić information content (AvgIpc) is 2.67. The molecule has 0 aliphatic carbocycles. The molecule has 0 fully saturated rings. The summed E-state index contributed by atoms with van der Waals surface area (Å²) >= 11 is 5.97. The zero-order chi connectivity index (χ0) is 22.1. The van der Waals surface area contributed by atoms with Crippen molar-refractivity contribution in [1.29, 1.82) is 0 Å². The van der Waals surface area contributed by atoms with Crippen LogP contribution in [0.5, 0.6) is 5.88 Å². The Balaban J connectivity index is 1.98. The normalized spacial score (nSPS) is 11.9. The number of rotatable bonds is 5. The molecule has 2 heterocycles. The highest BCUT2D eigenvalue weighted by Crippen LogP contribution is 2.27. The molecule has 7 nitrogen and oxygen atoms in total. The SMILES string of the molecule is CC(C)(C)c1ccc(S(=O)(=O)Nc2cc(Cl)cnc2C(=O)c2cccc(O)n2)cc1. The number of pyridine rings is 2. The van der Waals surface area contributed by atoms with Crippen LogP contribution in [0.4, 0.5) is 5.69 Å². The monoisotopic (exact) mass is 445 g/mol. The van der Waals surface area contributed by atoms with Gasteiger partial charge in [-0.25, -0.2) is 18.4 Å². The van der Waals surface area contributed by atoms with Crippen LogP contribution >= 0.6 is 11.6 Å². The zero-order valence-corrected chi connectivity index (χ0v) is 18.1. The van der Waals surface area contributed by atoms with Gasteiger partial charge in [0.05, 0.1) is 15.6 Å². The smallest absolute Gasteiger partial charge is 0.261 e. The fraction of sp³-hybridized carbons (Fsp3) is 0.190. The molecule has 0 radical (unpaired) electrons. The number of anilines is 1. The number of nitrogens with zero attached hydrogens (tertiary/aromatic N) is 2. The Hall–Kier alpha value is -2.97. The summed E-state index contributed by atoms with van der Waals surface area (Å²) < 4.78 is 28.2. The lowest BCUT2D eigenvalue weighted by Crippen LogP contribution is -2.18. The second kappa shape index (κ2) is 8.04. The van der Waals surface area contributed by atoms with Crippen molar-refractivity contribution in [2.45, 2.75) is 31.1 Å². The molecule has 3 rings (SSSR count). The molecular formula is C21H20ClN3O4S. The summed E-state index contributed by atoms with van der Waals surface area (Å²) in [6, 6.07) is 11.9. The van der Waals surface area contributed by atoms with Crippen LogP contribution in [0, 0.1) is 0 Å². The summed E-state index contributed by atoms with van der Waals surface area (Å²) in [5, 5.41) is 9.67. The first-order chi connectivity index (χ1) is 14.0. The Morgan fingerprint density at radius 3 is 2.37 bits per heavy atom. The van der Waals surface area contributed by atoms with Crippen LogP contribution in [-0.4, -0.2) is 29.3 Å². The Bertz CT molecular complexity index is 1200. The summed E-state index contributed by atoms with van der Waals surface area (Å²) in [6.45, 7) is 6.08. The van der Waals surface area contributed by atoms with Gasteiger partial charge in [0.2, 0.25) is 11.7 Å². The number of hydrogen-bond acceptors (Lipinski definition) is 6. The van der Waals surface area contributed by atoms with E-state index < -0.39 is 15.8 Å². The third-order valence-corrected chi connectivity index (χ3v) is 5.90. The number of halogens is 1. The Kier molecular flexibility index (Phi) is 5.83. The molecule has 0 aliphatic heterocycles. The van der Waals surface area contributed by atoms with E-state index in [9.17, 15) is 18.3 Å². The largest absolute Gasteiger partial charge is 0.493 e. The van der Waals surface area contributed by atoms with Crippen molar-refractivity contribution in [3.63, 3.8) is 0 Å². The van der Waals surface area contributed by atoms with Crippen molar-refractivity contribution >= 4 is 33.1 Å². The van der Waals surface area contributed by atoms with Gasteiger partial charge in [-0.15, -0.1) is 0 Å². The minimum absolute atomic E-state index is 0.0318. The van der Waals surface area contributed by atoms with E-state index in [1.54, 1.807) is 12.1 Å². The topological polar surface area (TPSA) is 109 Å². The number of sulfonamides is 1. The minimum Gasteiger partial charge on any atom is -0.493 e. The van der Waals surface area contributed by atoms with Gasteiger partial charge in [-0.3, -0.25) is 9.52 Å². The van der Waals surface area contributed by atoms with Crippen LogP contribution in [0.1, 0.15) is 42.5 Å². The van der Waals surface area contributed by atoms with Crippen molar-refractivity contribution in [3.05, 3.63) is 76.7 Å². The molecule has 0 aliphatic rings. The van der Waals surface area contributed by atoms with Crippen molar-refractivity contribution in [2.24, 2.45) is 0 Å². The van der Waals surface area contributed by atoms with Crippen molar-refractivity contribution in [2.75, 3.05) is 4.72 Å². The summed E-state index contributed by atoms with van der Waals surface area (Å²) in [6.07, 6.45) is 1.23. The van der Waals surface area contributed by atoms with Crippen molar-refractivity contribution < 1.29 is 18.3 Å². The number of carbonyl (C=O) groups is 1. The molecule has 0 atom stereocenters. The maximum absolute atomic E-state index is 12.9. The first kappa shape index (κ1) is 21.7. The summed E-state index contributed by atoms with van der Waals surface area (Å²) in [5.74, 6) is -1.00. The van der Waals surface area contributed by atoms with Gasteiger partial charge < -0.3 is 5.11 Å².